The van der Waals surface area contributed by atoms with Crippen molar-refractivity contribution in [3.05, 3.63) is 12.7 Å². The molecule has 0 amide bonds. The maximum atomic E-state index is 9.82. The fraction of sp³-hybridized carbons (Fsp3) is 0.833. The van der Waals surface area contributed by atoms with Gasteiger partial charge in [-0.2, -0.15) is 0 Å². The molecule has 0 aromatic heterocycles. The van der Waals surface area contributed by atoms with Crippen LogP contribution in [-0.2, 0) is 0 Å². The molecule has 0 aromatic rings. The maximum Gasteiger partial charge on any atom is 0.0650 e. The lowest BCUT2D eigenvalue weighted by molar-refractivity contribution is 0.00575. The molecule has 0 aromatic carbocycles. The minimum atomic E-state index is -0.658. The van der Waals surface area contributed by atoms with E-state index >= 15 is 0 Å². The third-order valence-electron chi connectivity index (χ3n) is 2.90. The molecule has 0 spiro atoms. The summed E-state index contributed by atoms with van der Waals surface area (Å²) in [7, 11) is 0. The Labute approximate surface area is 92.4 Å². The van der Waals surface area contributed by atoms with E-state index in [0.29, 0.717) is 12.8 Å². The first-order valence-electron chi connectivity index (χ1n) is 5.51. The van der Waals surface area contributed by atoms with Gasteiger partial charge in [0, 0.05) is 11.8 Å². The van der Waals surface area contributed by atoms with Gasteiger partial charge in [-0.05, 0) is 12.8 Å². The first-order valence-corrected chi connectivity index (χ1v) is 5.51. The molecule has 0 radical (unpaired) electrons. The van der Waals surface area contributed by atoms with Crippen LogP contribution in [0.5, 0.6) is 0 Å². The standard InChI is InChI=1S/C12H24O3/c1-5-9(13)7-10(14)8-11(15)12(3,4)6-2/h6,9-11,13-15H,2,5,7-8H2,1,3-4H3/t9-,10-,11+/m1/s1. The lowest BCUT2D eigenvalue weighted by Crippen LogP contribution is -2.32. The van der Waals surface area contributed by atoms with Crippen LogP contribution in [0.3, 0.4) is 0 Å². The molecular formula is C12H24O3. The average Bonchev–Trinajstić information content (AvgIpc) is 2.17. The second kappa shape index (κ2) is 6.26. The molecular weight excluding hydrogens is 192 g/mol. The molecule has 0 aliphatic heterocycles. The number of hydrogen-bond acceptors (Lipinski definition) is 3. The van der Waals surface area contributed by atoms with Crippen molar-refractivity contribution in [3.8, 4) is 0 Å². The van der Waals surface area contributed by atoms with Gasteiger partial charge in [0.2, 0.25) is 0 Å². The Balaban J connectivity index is 4.06. The minimum absolute atomic E-state index is 0.274. The molecule has 0 bridgehead atoms. The molecule has 15 heavy (non-hydrogen) atoms. The van der Waals surface area contributed by atoms with E-state index in [2.05, 4.69) is 6.58 Å². The van der Waals surface area contributed by atoms with E-state index in [0.717, 1.165) is 0 Å². The zero-order valence-electron chi connectivity index (χ0n) is 9.98. The van der Waals surface area contributed by atoms with Gasteiger partial charge in [-0.25, -0.2) is 0 Å². The molecule has 0 saturated carbocycles. The van der Waals surface area contributed by atoms with Crippen molar-refractivity contribution in [1.82, 2.24) is 0 Å². The highest BCUT2D eigenvalue weighted by atomic mass is 16.3. The van der Waals surface area contributed by atoms with Crippen LogP contribution in [0.2, 0.25) is 0 Å². The predicted octanol–water partition coefficient (Wildman–Crippen LogP) is 1.47. The molecule has 0 fully saturated rings. The quantitative estimate of drug-likeness (QED) is 0.565. The van der Waals surface area contributed by atoms with Crippen molar-refractivity contribution in [2.45, 2.75) is 58.3 Å². The topological polar surface area (TPSA) is 60.7 Å². The van der Waals surface area contributed by atoms with Gasteiger partial charge < -0.3 is 15.3 Å². The molecule has 0 saturated heterocycles. The summed E-state index contributed by atoms with van der Waals surface area (Å²) in [6.45, 7) is 9.25. The zero-order valence-corrected chi connectivity index (χ0v) is 9.98. The van der Waals surface area contributed by atoms with Crippen molar-refractivity contribution >= 4 is 0 Å². The van der Waals surface area contributed by atoms with Gasteiger partial charge in [-0.3, -0.25) is 0 Å². The van der Waals surface area contributed by atoms with E-state index in [1.54, 1.807) is 6.08 Å². The Morgan fingerprint density at radius 1 is 1.13 bits per heavy atom. The largest absolute Gasteiger partial charge is 0.393 e. The maximum absolute atomic E-state index is 9.82. The van der Waals surface area contributed by atoms with Crippen LogP contribution in [-0.4, -0.2) is 33.6 Å². The van der Waals surface area contributed by atoms with Gasteiger partial charge in [0.25, 0.3) is 0 Å². The summed E-state index contributed by atoms with van der Waals surface area (Å²) in [5.74, 6) is 0. The van der Waals surface area contributed by atoms with Crippen molar-refractivity contribution in [3.63, 3.8) is 0 Å². The van der Waals surface area contributed by atoms with Gasteiger partial charge in [-0.15, -0.1) is 6.58 Å². The SMILES string of the molecule is C=CC(C)(C)[C@@H](O)C[C@H](O)C[C@H](O)CC. The van der Waals surface area contributed by atoms with Crippen molar-refractivity contribution in [2.75, 3.05) is 0 Å². The Hall–Kier alpha value is -0.380. The van der Waals surface area contributed by atoms with Crippen molar-refractivity contribution < 1.29 is 15.3 Å². The average molecular weight is 216 g/mol. The molecule has 3 N–H and O–H groups in total. The van der Waals surface area contributed by atoms with Gasteiger partial charge >= 0.3 is 0 Å². The molecule has 90 valence electrons. The monoisotopic (exact) mass is 216 g/mol. The Morgan fingerprint density at radius 2 is 1.67 bits per heavy atom. The fourth-order valence-corrected chi connectivity index (χ4v) is 1.27. The summed E-state index contributed by atoms with van der Waals surface area (Å²) in [6.07, 6.45) is 1.12. The highest BCUT2D eigenvalue weighted by Gasteiger charge is 2.27. The Bertz CT molecular complexity index is 189. The highest BCUT2D eigenvalue weighted by molar-refractivity contribution is 4.93. The third-order valence-corrected chi connectivity index (χ3v) is 2.90. The van der Waals surface area contributed by atoms with Gasteiger partial charge in [-0.1, -0.05) is 26.8 Å². The van der Waals surface area contributed by atoms with Crippen LogP contribution in [0.15, 0.2) is 12.7 Å². The molecule has 3 atom stereocenters. The molecule has 0 aliphatic carbocycles. The summed E-state index contributed by atoms with van der Waals surface area (Å²) in [5.41, 5.74) is -0.405. The Morgan fingerprint density at radius 3 is 2.07 bits per heavy atom. The van der Waals surface area contributed by atoms with E-state index in [1.165, 1.54) is 0 Å². The van der Waals surface area contributed by atoms with E-state index in [9.17, 15) is 15.3 Å². The summed E-state index contributed by atoms with van der Waals surface area (Å²) in [5, 5.41) is 28.8. The second-order valence-electron chi connectivity index (χ2n) is 4.73. The van der Waals surface area contributed by atoms with Crippen LogP contribution in [0.25, 0.3) is 0 Å². The third kappa shape index (κ3) is 5.30. The lowest BCUT2D eigenvalue weighted by Gasteiger charge is -2.29. The van der Waals surface area contributed by atoms with Crippen LogP contribution in [0, 0.1) is 5.41 Å². The highest BCUT2D eigenvalue weighted by Crippen LogP contribution is 2.25. The summed E-state index contributed by atoms with van der Waals surface area (Å²) in [6, 6.07) is 0. The fourth-order valence-electron chi connectivity index (χ4n) is 1.27. The predicted molar refractivity (Wildman–Crippen MR) is 61.5 cm³/mol. The molecule has 3 nitrogen and oxygen atoms in total. The normalized spacial score (nSPS) is 18.3. The number of rotatable bonds is 7. The van der Waals surface area contributed by atoms with Crippen LogP contribution >= 0.6 is 0 Å². The summed E-state index contributed by atoms with van der Waals surface area (Å²) < 4.78 is 0. The smallest absolute Gasteiger partial charge is 0.0650 e. The van der Waals surface area contributed by atoms with Crippen LogP contribution < -0.4 is 0 Å². The van der Waals surface area contributed by atoms with E-state index in [-0.39, 0.29) is 6.42 Å². The molecule has 0 heterocycles. The summed E-state index contributed by atoms with van der Waals surface area (Å²) in [4.78, 5) is 0. The van der Waals surface area contributed by atoms with E-state index in [4.69, 9.17) is 0 Å². The number of hydrogen-bond donors (Lipinski definition) is 3. The van der Waals surface area contributed by atoms with Crippen LogP contribution in [0.4, 0.5) is 0 Å². The molecule has 0 rings (SSSR count). The van der Waals surface area contributed by atoms with E-state index in [1.807, 2.05) is 20.8 Å². The molecule has 3 heteroatoms. The lowest BCUT2D eigenvalue weighted by atomic mass is 9.83. The first kappa shape index (κ1) is 14.6. The van der Waals surface area contributed by atoms with Crippen LogP contribution in [0.1, 0.15) is 40.0 Å². The van der Waals surface area contributed by atoms with Crippen molar-refractivity contribution in [1.29, 1.82) is 0 Å². The van der Waals surface area contributed by atoms with Gasteiger partial charge in [0.1, 0.15) is 0 Å². The van der Waals surface area contributed by atoms with Crippen molar-refractivity contribution in [2.24, 2.45) is 5.41 Å². The first-order chi connectivity index (χ1) is 6.83. The number of aliphatic hydroxyl groups excluding tert-OH is 3. The van der Waals surface area contributed by atoms with Gasteiger partial charge in [0.15, 0.2) is 0 Å². The Kier molecular flexibility index (Phi) is 6.10. The van der Waals surface area contributed by atoms with E-state index < -0.39 is 23.7 Å². The van der Waals surface area contributed by atoms with Gasteiger partial charge in [0.05, 0.1) is 18.3 Å². The second-order valence-corrected chi connectivity index (χ2v) is 4.73. The number of aliphatic hydroxyl groups is 3. The minimum Gasteiger partial charge on any atom is -0.393 e. The molecule has 0 aliphatic rings. The summed E-state index contributed by atoms with van der Waals surface area (Å²) >= 11 is 0. The zero-order chi connectivity index (χ0) is 12.1. The molecule has 0 unspecified atom stereocenters.